The van der Waals surface area contributed by atoms with Crippen molar-refractivity contribution in [3.63, 3.8) is 0 Å². The number of carbonyl (C=O) groups is 2. The monoisotopic (exact) mass is 386 g/mol. The SMILES string of the molecule is CC(C)NC(=O)N1CCC(c2nnc3ccc(C(=O)N4CCOCC4)cn23)C1. The van der Waals surface area contributed by atoms with Gasteiger partial charge in [-0.05, 0) is 32.4 Å². The van der Waals surface area contributed by atoms with Crippen molar-refractivity contribution in [2.75, 3.05) is 39.4 Å². The molecule has 3 amide bonds. The number of hydrogen-bond acceptors (Lipinski definition) is 5. The first-order valence-corrected chi connectivity index (χ1v) is 9.80. The molecule has 9 heteroatoms. The highest BCUT2D eigenvalue weighted by Gasteiger charge is 2.31. The van der Waals surface area contributed by atoms with E-state index in [0.29, 0.717) is 50.6 Å². The highest BCUT2D eigenvalue weighted by molar-refractivity contribution is 5.94. The van der Waals surface area contributed by atoms with Gasteiger partial charge in [0.25, 0.3) is 5.91 Å². The molecule has 0 aromatic carbocycles. The molecule has 4 rings (SSSR count). The fourth-order valence-electron chi connectivity index (χ4n) is 3.76. The number of urea groups is 1. The third kappa shape index (κ3) is 3.66. The third-order valence-corrected chi connectivity index (χ3v) is 5.23. The first-order valence-electron chi connectivity index (χ1n) is 9.80. The van der Waals surface area contributed by atoms with Gasteiger partial charge < -0.3 is 19.9 Å². The van der Waals surface area contributed by atoms with Crippen molar-refractivity contribution in [1.29, 1.82) is 0 Å². The van der Waals surface area contributed by atoms with Gasteiger partial charge in [0, 0.05) is 44.3 Å². The Morgan fingerprint density at radius 1 is 1.14 bits per heavy atom. The molecule has 2 aliphatic rings. The molecule has 28 heavy (non-hydrogen) atoms. The summed E-state index contributed by atoms with van der Waals surface area (Å²) < 4.78 is 7.22. The lowest BCUT2D eigenvalue weighted by atomic mass is 10.1. The van der Waals surface area contributed by atoms with Crippen LogP contribution in [0.25, 0.3) is 5.65 Å². The van der Waals surface area contributed by atoms with Crippen LogP contribution in [-0.4, -0.2) is 81.8 Å². The number of fused-ring (bicyclic) bond motifs is 1. The average Bonchev–Trinajstić information content (AvgIpc) is 3.34. The molecular weight excluding hydrogens is 360 g/mol. The van der Waals surface area contributed by atoms with E-state index in [1.54, 1.807) is 6.07 Å². The Kier molecular flexibility index (Phi) is 5.17. The lowest BCUT2D eigenvalue weighted by molar-refractivity contribution is 0.0302. The summed E-state index contributed by atoms with van der Waals surface area (Å²) in [5.74, 6) is 0.891. The minimum absolute atomic E-state index is 0.00536. The highest BCUT2D eigenvalue weighted by atomic mass is 16.5. The number of nitrogens with zero attached hydrogens (tertiary/aromatic N) is 5. The van der Waals surface area contributed by atoms with Gasteiger partial charge in [0.2, 0.25) is 0 Å². The van der Waals surface area contributed by atoms with Crippen LogP contribution in [0.5, 0.6) is 0 Å². The molecule has 150 valence electrons. The topological polar surface area (TPSA) is 92.1 Å². The molecule has 2 fully saturated rings. The van der Waals surface area contributed by atoms with Gasteiger partial charge >= 0.3 is 6.03 Å². The quantitative estimate of drug-likeness (QED) is 0.853. The number of likely N-dealkylation sites (tertiary alicyclic amines) is 1. The molecular formula is C19H26N6O3. The maximum Gasteiger partial charge on any atom is 0.317 e. The summed E-state index contributed by atoms with van der Waals surface area (Å²) in [6.07, 6.45) is 2.65. The lowest BCUT2D eigenvalue weighted by Crippen LogP contribution is -2.41. The molecule has 2 saturated heterocycles. The number of ether oxygens (including phenoxy) is 1. The van der Waals surface area contributed by atoms with Crippen molar-refractivity contribution in [2.45, 2.75) is 32.2 Å². The van der Waals surface area contributed by atoms with Crippen molar-refractivity contribution in [1.82, 2.24) is 29.7 Å². The Hall–Kier alpha value is -2.68. The zero-order valence-electron chi connectivity index (χ0n) is 16.3. The minimum Gasteiger partial charge on any atom is -0.378 e. The fourth-order valence-corrected chi connectivity index (χ4v) is 3.76. The lowest BCUT2D eigenvalue weighted by Gasteiger charge is -2.26. The Balaban J connectivity index is 1.54. The maximum atomic E-state index is 12.8. The summed E-state index contributed by atoms with van der Waals surface area (Å²) in [5, 5.41) is 11.5. The molecule has 4 heterocycles. The van der Waals surface area contributed by atoms with E-state index in [9.17, 15) is 9.59 Å². The van der Waals surface area contributed by atoms with Crippen LogP contribution in [0.4, 0.5) is 4.79 Å². The number of carbonyl (C=O) groups excluding carboxylic acids is 2. The second-order valence-corrected chi connectivity index (χ2v) is 7.64. The number of pyridine rings is 1. The summed E-state index contributed by atoms with van der Waals surface area (Å²) in [7, 11) is 0. The van der Waals surface area contributed by atoms with Gasteiger partial charge in [-0.2, -0.15) is 0 Å². The van der Waals surface area contributed by atoms with Crippen molar-refractivity contribution < 1.29 is 14.3 Å². The minimum atomic E-state index is -0.0468. The molecule has 2 aliphatic heterocycles. The van der Waals surface area contributed by atoms with Crippen LogP contribution in [0.1, 0.15) is 42.4 Å². The van der Waals surface area contributed by atoms with Gasteiger partial charge in [-0.25, -0.2) is 4.79 Å². The fraction of sp³-hybridized carbons (Fsp3) is 0.579. The molecule has 2 aromatic heterocycles. The van der Waals surface area contributed by atoms with E-state index in [0.717, 1.165) is 12.2 Å². The largest absolute Gasteiger partial charge is 0.378 e. The van der Waals surface area contributed by atoms with E-state index >= 15 is 0 Å². The van der Waals surface area contributed by atoms with Gasteiger partial charge in [0.1, 0.15) is 5.82 Å². The third-order valence-electron chi connectivity index (χ3n) is 5.23. The molecule has 1 atom stereocenters. The Labute approximate surface area is 163 Å². The van der Waals surface area contributed by atoms with Gasteiger partial charge in [-0.15, -0.1) is 10.2 Å². The van der Waals surface area contributed by atoms with E-state index in [2.05, 4.69) is 15.5 Å². The second kappa shape index (κ2) is 7.75. The number of aromatic nitrogens is 3. The van der Waals surface area contributed by atoms with Crippen molar-refractivity contribution in [3.05, 3.63) is 29.7 Å². The van der Waals surface area contributed by atoms with E-state index in [1.165, 1.54) is 0 Å². The number of nitrogens with one attached hydrogen (secondary N) is 1. The van der Waals surface area contributed by atoms with E-state index in [1.807, 2.05) is 40.3 Å². The van der Waals surface area contributed by atoms with Crippen LogP contribution in [0.15, 0.2) is 18.3 Å². The summed E-state index contributed by atoms with van der Waals surface area (Å²) in [4.78, 5) is 28.7. The van der Waals surface area contributed by atoms with Gasteiger partial charge in [0.15, 0.2) is 5.65 Å². The Morgan fingerprint density at radius 2 is 1.93 bits per heavy atom. The smallest absolute Gasteiger partial charge is 0.317 e. The Morgan fingerprint density at radius 3 is 2.68 bits per heavy atom. The number of rotatable bonds is 3. The second-order valence-electron chi connectivity index (χ2n) is 7.64. The standard InChI is InChI=1S/C19H26N6O3/c1-13(2)20-19(27)24-6-5-14(11-24)17-22-21-16-4-3-15(12-25(16)17)18(26)23-7-9-28-10-8-23/h3-4,12-14H,5-11H2,1-2H3,(H,20,27). The molecule has 0 saturated carbocycles. The molecule has 0 aliphatic carbocycles. The van der Waals surface area contributed by atoms with E-state index in [4.69, 9.17) is 4.74 Å². The summed E-state index contributed by atoms with van der Waals surface area (Å²) >= 11 is 0. The zero-order chi connectivity index (χ0) is 19.7. The van der Waals surface area contributed by atoms with Crippen LogP contribution in [-0.2, 0) is 4.74 Å². The molecule has 0 spiro atoms. The normalized spacial score (nSPS) is 20.2. The van der Waals surface area contributed by atoms with E-state index < -0.39 is 0 Å². The number of morpholine rings is 1. The maximum absolute atomic E-state index is 12.8. The molecule has 0 bridgehead atoms. The van der Waals surface area contributed by atoms with Crippen LogP contribution < -0.4 is 5.32 Å². The summed E-state index contributed by atoms with van der Waals surface area (Å²) in [6.45, 7) is 7.54. The van der Waals surface area contributed by atoms with Crippen LogP contribution >= 0.6 is 0 Å². The van der Waals surface area contributed by atoms with Crippen LogP contribution in [0, 0.1) is 0 Å². The van der Waals surface area contributed by atoms with Crippen molar-refractivity contribution in [2.24, 2.45) is 0 Å². The van der Waals surface area contributed by atoms with Gasteiger partial charge in [-0.3, -0.25) is 9.20 Å². The first kappa shape index (κ1) is 18.7. The van der Waals surface area contributed by atoms with Gasteiger partial charge in [-0.1, -0.05) is 0 Å². The first-order chi connectivity index (χ1) is 13.5. The van der Waals surface area contributed by atoms with E-state index in [-0.39, 0.29) is 23.9 Å². The number of amides is 3. The predicted molar refractivity (Wildman–Crippen MR) is 102 cm³/mol. The molecule has 1 N–H and O–H groups in total. The van der Waals surface area contributed by atoms with Crippen LogP contribution in [0.2, 0.25) is 0 Å². The number of hydrogen-bond donors (Lipinski definition) is 1. The van der Waals surface area contributed by atoms with Gasteiger partial charge in [0.05, 0.1) is 18.8 Å². The zero-order valence-corrected chi connectivity index (χ0v) is 16.3. The van der Waals surface area contributed by atoms with Crippen LogP contribution in [0.3, 0.4) is 0 Å². The molecule has 1 unspecified atom stereocenters. The molecule has 0 radical (unpaired) electrons. The summed E-state index contributed by atoms with van der Waals surface area (Å²) in [5.41, 5.74) is 1.32. The highest BCUT2D eigenvalue weighted by Crippen LogP contribution is 2.26. The summed E-state index contributed by atoms with van der Waals surface area (Å²) in [6, 6.07) is 3.68. The van der Waals surface area contributed by atoms with Crippen molar-refractivity contribution >= 4 is 17.6 Å². The van der Waals surface area contributed by atoms with Crippen molar-refractivity contribution in [3.8, 4) is 0 Å². The molecule has 2 aromatic rings. The molecule has 9 nitrogen and oxygen atoms in total. The predicted octanol–water partition coefficient (Wildman–Crippen LogP) is 1.11. The average molecular weight is 386 g/mol. The Bertz CT molecular complexity index is 874.